The zero-order chi connectivity index (χ0) is 32.0. The molecule has 4 rings (SSSR count). The van der Waals surface area contributed by atoms with Crippen molar-refractivity contribution in [2.45, 2.75) is 82.6 Å². The molecule has 10 nitrogen and oxygen atoms in total. The van der Waals surface area contributed by atoms with E-state index in [0.717, 1.165) is 5.56 Å². The van der Waals surface area contributed by atoms with E-state index in [1.54, 1.807) is 34.9 Å². The minimum atomic E-state index is -1.20. The van der Waals surface area contributed by atoms with Gasteiger partial charge in [-0.25, -0.2) is 0 Å². The number of para-hydroxylation sites is 1. The first-order chi connectivity index (χ1) is 21.1. The van der Waals surface area contributed by atoms with Gasteiger partial charge in [0.25, 0.3) is 5.91 Å². The van der Waals surface area contributed by atoms with Crippen molar-refractivity contribution in [3.63, 3.8) is 0 Å². The number of esters is 1. The molecular weight excluding hydrogens is 586 g/mol. The lowest BCUT2D eigenvalue weighted by Gasteiger charge is -2.37. The maximum absolute atomic E-state index is 14.6. The molecule has 1 aromatic rings. The van der Waals surface area contributed by atoms with Gasteiger partial charge in [0.1, 0.15) is 17.7 Å². The maximum Gasteiger partial charge on any atom is 0.312 e. The summed E-state index contributed by atoms with van der Waals surface area (Å²) in [5.74, 6) is -3.14. The van der Waals surface area contributed by atoms with Crippen LogP contribution in [0.4, 0.5) is 5.69 Å². The summed E-state index contributed by atoms with van der Waals surface area (Å²) in [4.78, 5) is 57.6. The van der Waals surface area contributed by atoms with Crippen LogP contribution in [0.5, 0.6) is 0 Å². The van der Waals surface area contributed by atoms with Gasteiger partial charge in [-0.15, -0.1) is 13.2 Å². The SMILES string of the molecule is C=CCCC(=O)NC[C@H](C)OC(=O)[C@@H]1[C@@H]2CC[C@]3(O2)[C@H](C(=O)N(CC=C)c2c(C)cccc2Cl)N(CCCCCO)C(=O)[C@@H]13. The fourth-order valence-electron chi connectivity index (χ4n) is 6.94. The number of halogens is 1. The summed E-state index contributed by atoms with van der Waals surface area (Å²) >= 11 is 6.61. The number of aliphatic hydroxyl groups excluding tert-OH is 1. The number of nitrogens with zero attached hydrogens (tertiary/aromatic N) is 2. The topological polar surface area (TPSA) is 125 Å². The second-order valence-electron chi connectivity index (χ2n) is 11.9. The molecule has 0 saturated carbocycles. The number of anilines is 1. The fourth-order valence-corrected chi connectivity index (χ4v) is 7.27. The molecule has 0 radical (unpaired) electrons. The van der Waals surface area contributed by atoms with E-state index in [1.807, 2.05) is 19.1 Å². The smallest absolute Gasteiger partial charge is 0.312 e. The highest BCUT2D eigenvalue weighted by Crippen LogP contribution is 2.59. The lowest BCUT2D eigenvalue weighted by Crippen LogP contribution is -2.56. The molecule has 3 aliphatic rings. The van der Waals surface area contributed by atoms with Crippen LogP contribution in [0.1, 0.15) is 57.4 Å². The number of hydrogen-bond donors (Lipinski definition) is 2. The summed E-state index contributed by atoms with van der Waals surface area (Å²) in [5, 5.41) is 12.4. The Morgan fingerprint density at radius 2 is 2.05 bits per heavy atom. The molecule has 0 aliphatic carbocycles. The Morgan fingerprint density at radius 3 is 2.73 bits per heavy atom. The summed E-state index contributed by atoms with van der Waals surface area (Å²) in [6.07, 6.45) is 5.70. The molecule has 240 valence electrons. The van der Waals surface area contributed by atoms with Crippen LogP contribution in [0.15, 0.2) is 43.5 Å². The van der Waals surface area contributed by atoms with Crippen molar-refractivity contribution >= 4 is 41.0 Å². The molecule has 3 heterocycles. The summed E-state index contributed by atoms with van der Waals surface area (Å²) in [6.45, 7) is 11.6. The number of amides is 3. The number of ether oxygens (including phenoxy) is 2. The van der Waals surface area contributed by atoms with Gasteiger partial charge in [-0.05, 0) is 64.0 Å². The van der Waals surface area contributed by atoms with Crippen LogP contribution < -0.4 is 10.2 Å². The number of carbonyl (C=O) groups excluding carboxylic acids is 4. The number of nitrogens with one attached hydrogen (secondary N) is 1. The van der Waals surface area contributed by atoms with Crippen molar-refractivity contribution in [2.24, 2.45) is 11.8 Å². The average Bonchev–Trinajstić information content (AvgIpc) is 3.63. The molecule has 1 spiro atoms. The Morgan fingerprint density at radius 1 is 1.27 bits per heavy atom. The van der Waals surface area contributed by atoms with E-state index in [1.165, 1.54) is 0 Å². The first kappa shape index (κ1) is 33.7. The van der Waals surface area contributed by atoms with Crippen molar-refractivity contribution in [2.75, 3.05) is 31.1 Å². The maximum atomic E-state index is 14.6. The molecular formula is C33H44ClN3O7. The van der Waals surface area contributed by atoms with Crippen molar-refractivity contribution in [1.82, 2.24) is 10.2 Å². The quantitative estimate of drug-likeness (QED) is 0.162. The molecule has 11 heteroatoms. The third-order valence-electron chi connectivity index (χ3n) is 8.88. The number of fused-ring (bicyclic) bond motifs is 1. The van der Waals surface area contributed by atoms with E-state index in [0.29, 0.717) is 55.7 Å². The van der Waals surface area contributed by atoms with Crippen LogP contribution in [0.2, 0.25) is 5.02 Å². The van der Waals surface area contributed by atoms with E-state index < -0.39 is 41.7 Å². The number of aliphatic hydroxyl groups is 1. The van der Waals surface area contributed by atoms with Crippen LogP contribution in [-0.2, 0) is 28.7 Å². The van der Waals surface area contributed by atoms with E-state index in [2.05, 4.69) is 18.5 Å². The Bertz CT molecular complexity index is 1250. The van der Waals surface area contributed by atoms with Gasteiger partial charge in [-0.1, -0.05) is 35.9 Å². The normalized spacial score (nSPS) is 25.8. The monoisotopic (exact) mass is 629 g/mol. The van der Waals surface area contributed by atoms with Crippen LogP contribution in [0.25, 0.3) is 0 Å². The summed E-state index contributed by atoms with van der Waals surface area (Å²) in [5.41, 5.74) is 0.138. The Kier molecular flexibility index (Phi) is 11.3. The van der Waals surface area contributed by atoms with Crippen molar-refractivity contribution < 1.29 is 33.8 Å². The predicted molar refractivity (Wildman–Crippen MR) is 167 cm³/mol. The standard InChI is InChI=1S/C33H44ClN3O7/c1-5-7-14-25(39)35-20-22(4)43-32(42)26-24-15-16-33(44-24)27(26)30(40)37(18-9-8-10-19-38)29(33)31(41)36(17-6-2)28-21(3)12-11-13-23(28)34/h5-6,11-13,22,24,26-27,29,38H,1-2,7-10,14-20H2,3-4H3,(H,35,39)/t22-,24-,26+,27+,29-,33+/m0/s1. The first-order valence-corrected chi connectivity index (χ1v) is 15.8. The Labute approximate surface area is 264 Å². The molecule has 6 atom stereocenters. The minimum absolute atomic E-state index is 0.0351. The van der Waals surface area contributed by atoms with Gasteiger partial charge in [0.15, 0.2) is 0 Å². The first-order valence-electron chi connectivity index (χ1n) is 15.5. The molecule has 2 bridgehead atoms. The van der Waals surface area contributed by atoms with E-state index in [4.69, 9.17) is 21.1 Å². The van der Waals surface area contributed by atoms with Crippen molar-refractivity contribution in [3.8, 4) is 0 Å². The lowest BCUT2D eigenvalue weighted by atomic mass is 9.70. The van der Waals surface area contributed by atoms with Crippen molar-refractivity contribution in [1.29, 1.82) is 0 Å². The number of carbonyl (C=O) groups is 4. The highest BCUT2D eigenvalue weighted by molar-refractivity contribution is 6.34. The van der Waals surface area contributed by atoms with Gasteiger partial charge >= 0.3 is 5.97 Å². The van der Waals surface area contributed by atoms with Crippen LogP contribution in [-0.4, -0.2) is 83.8 Å². The molecule has 1 aromatic carbocycles. The van der Waals surface area contributed by atoms with Crippen molar-refractivity contribution in [3.05, 3.63) is 54.1 Å². The molecule has 3 amide bonds. The van der Waals surface area contributed by atoms with Gasteiger partial charge in [-0.3, -0.25) is 19.2 Å². The number of hydrogen-bond acceptors (Lipinski definition) is 7. The number of rotatable bonds is 16. The zero-order valence-electron chi connectivity index (χ0n) is 25.6. The number of aryl methyl sites for hydroxylation is 1. The molecule has 2 N–H and O–H groups in total. The summed E-state index contributed by atoms with van der Waals surface area (Å²) in [7, 11) is 0. The molecule has 44 heavy (non-hydrogen) atoms. The highest BCUT2D eigenvalue weighted by Gasteiger charge is 2.75. The third-order valence-corrected chi connectivity index (χ3v) is 9.18. The fraction of sp³-hybridized carbons (Fsp3) is 0.576. The van der Waals surface area contributed by atoms with Gasteiger partial charge < -0.3 is 29.7 Å². The number of likely N-dealkylation sites (tertiary alicyclic amines) is 1. The zero-order valence-corrected chi connectivity index (χ0v) is 26.4. The summed E-state index contributed by atoms with van der Waals surface area (Å²) < 4.78 is 12.3. The molecule has 0 unspecified atom stereocenters. The second-order valence-corrected chi connectivity index (χ2v) is 12.3. The lowest BCUT2D eigenvalue weighted by molar-refractivity contribution is -0.159. The molecule has 3 saturated heterocycles. The van der Waals surface area contributed by atoms with Crippen LogP contribution >= 0.6 is 11.6 Å². The summed E-state index contributed by atoms with van der Waals surface area (Å²) in [6, 6.07) is 4.41. The number of unbranched alkanes of at least 4 members (excludes halogenated alkanes) is 2. The van der Waals surface area contributed by atoms with Gasteiger partial charge in [0, 0.05) is 26.1 Å². The molecule has 3 fully saturated rings. The van der Waals surface area contributed by atoms with Gasteiger partial charge in [0.2, 0.25) is 11.8 Å². The second kappa shape index (κ2) is 14.7. The largest absolute Gasteiger partial charge is 0.460 e. The van der Waals surface area contributed by atoms with Gasteiger partial charge in [-0.2, -0.15) is 0 Å². The number of benzene rings is 1. The minimum Gasteiger partial charge on any atom is -0.460 e. The van der Waals surface area contributed by atoms with Gasteiger partial charge in [0.05, 0.1) is 35.2 Å². The third kappa shape index (κ3) is 6.57. The van der Waals surface area contributed by atoms with E-state index >= 15 is 0 Å². The average molecular weight is 630 g/mol. The predicted octanol–water partition coefficient (Wildman–Crippen LogP) is 3.72. The highest BCUT2D eigenvalue weighted by atomic mass is 35.5. The van der Waals surface area contributed by atoms with Crippen LogP contribution in [0.3, 0.4) is 0 Å². The number of allylic oxidation sites excluding steroid dienone is 1. The van der Waals surface area contributed by atoms with Crippen LogP contribution in [0, 0.1) is 18.8 Å². The van der Waals surface area contributed by atoms with E-state index in [-0.39, 0.29) is 44.0 Å². The Hall–Kier alpha value is -3.21. The van der Waals surface area contributed by atoms with E-state index in [9.17, 15) is 24.3 Å². The Balaban J connectivity index is 1.62. The molecule has 3 aliphatic heterocycles. The molecule has 0 aromatic heterocycles.